The lowest BCUT2D eigenvalue weighted by atomic mass is 9.78. The Bertz CT molecular complexity index is 940. The fraction of sp³-hybridized carbons (Fsp3) is 0.292. The Kier molecular flexibility index (Phi) is 4.85. The van der Waals surface area contributed by atoms with Crippen LogP contribution in [0.1, 0.15) is 41.6 Å². The van der Waals surface area contributed by atoms with Crippen LogP contribution in [0.3, 0.4) is 0 Å². The molecule has 4 rings (SSSR count). The molecular weight excluding hydrogens is 334 g/mol. The largest absolute Gasteiger partial charge is 0.497 e. The van der Waals surface area contributed by atoms with Crippen molar-refractivity contribution in [3.63, 3.8) is 0 Å². The number of carbonyl (C=O) groups excluding carboxylic acids is 1. The molecule has 1 N–H and O–H groups in total. The van der Waals surface area contributed by atoms with Gasteiger partial charge in [-0.2, -0.15) is 0 Å². The number of ether oxygens (including phenoxy) is 1. The van der Waals surface area contributed by atoms with Gasteiger partial charge in [-0.15, -0.1) is 0 Å². The third-order valence-corrected chi connectivity index (χ3v) is 5.86. The number of benzene rings is 3. The standard InChI is InChI=1S/C24H25NO2/c1-27-22-12-10-21(11-13-22)24(14-4-5-15-24)17-25-23(26)20-9-8-18-6-2-3-7-19(18)16-20/h2-3,6-13,16H,4-5,14-15,17H2,1H3,(H,25,26). The second-order valence-electron chi connectivity index (χ2n) is 7.46. The number of hydrogen-bond donors (Lipinski definition) is 1. The van der Waals surface area contributed by atoms with Gasteiger partial charge in [-0.05, 0) is 53.4 Å². The second-order valence-corrected chi connectivity index (χ2v) is 7.46. The molecule has 27 heavy (non-hydrogen) atoms. The predicted octanol–water partition coefficient (Wildman–Crippen LogP) is 5.09. The predicted molar refractivity (Wildman–Crippen MR) is 109 cm³/mol. The van der Waals surface area contributed by atoms with Gasteiger partial charge >= 0.3 is 0 Å². The Morgan fingerprint density at radius 3 is 2.37 bits per heavy atom. The highest BCUT2D eigenvalue weighted by Crippen LogP contribution is 2.41. The van der Waals surface area contributed by atoms with Crippen molar-refractivity contribution in [3.8, 4) is 5.75 Å². The van der Waals surface area contributed by atoms with Crippen LogP contribution in [-0.4, -0.2) is 19.6 Å². The van der Waals surface area contributed by atoms with E-state index in [1.807, 2.05) is 48.5 Å². The average molecular weight is 359 g/mol. The molecule has 0 bridgehead atoms. The Balaban J connectivity index is 1.52. The van der Waals surface area contributed by atoms with Crippen molar-refractivity contribution in [1.82, 2.24) is 5.32 Å². The molecule has 3 aromatic rings. The lowest BCUT2D eigenvalue weighted by molar-refractivity contribution is 0.0943. The Morgan fingerprint density at radius 1 is 0.963 bits per heavy atom. The lowest BCUT2D eigenvalue weighted by Gasteiger charge is -2.30. The topological polar surface area (TPSA) is 38.3 Å². The molecule has 138 valence electrons. The molecule has 3 heteroatoms. The number of hydrogen-bond acceptors (Lipinski definition) is 2. The van der Waals surface area contributed by atoms with E-state index in [1.54, 1.807) is 7.11 Å². The van der Waals surface area contributed by atoms with Crippen molar-refractivity contribution in [2.75, 3.05) is 13.7 Å². The molecule has 0 spiro atoms. The van der Waals surface area contributed by atoms with Gasteiger partial charge in [-0.1, -0.05) is 55.3 Å². The summed E-state index contributed by atoms with van der Waals surface area (Å²) in [5.74, 6) is 0.868. The first-order valence-corrected chi connectivity index (χ1v) is 9.62. The molecule has 0 radical (unpaired) electrons. The third-order valence-electron chi connectivity index (χ3n) is 5.86. The van der Waals surface area contributed by atoms with Crippen LogP contribution in [-0.2, 0) is 5.41 Å². The van der Waals surface area contributed by atoms with Gasteiger partial charge in [-0.25, -0.2) is 0 Å². The van der Waals surface area contributed by atoms with Crippen LogP contribution in [0.15, 0.2) is 66.7 Å². The highest BCUT2D eigenvalue weighted by Gasteiger charge is 2.36. The third kappa shape index (κ3) is 3.55. The molecule has 1 fully saturated rings. The van der Waals surface area contributed by atoms with E-state index in [0.717, 1.165) is 34.9 Å². The van der Waals surface area contributed by atoms with E-state index in [-0.39, 0.29) is 11.3 Å². The number of rotatable bonds is 5. The Labute approximate surface area is 160 Å². The summed E-state index contributed by atoms with van der Waals surface area (Å²) in [6.45, 7) is 0.672. The van der Waals surface area contributed by atoms with E-state index in [0.29, 0.717) is 6.54 Å². The van der Waals surface area contributed by atoms with Gasteiger partial charge in [-0.3, -0.25) is 4.79 Å². The molecule has 1 saturated carbocycles. The van der Waals surface area contributed by atoms with Crippen LogP contribution in [0.2, 0.25) is 0 Å². The lowest BCUT2D eigenvalue weighted by Crippen LogP contribution is -2.39. The van der Waals surface area contributed by atoms with E-state index in [1.165, 1.54) is 18.4 Å². The summed E-state index contributed by atoms with van der Waals surface area (Å²) in [6.07, 6.45) is 4.63. The van der Waals surface area contributed by atoms with Gasteiger partial charge < -0.3 is 10.1 Å². The fourth-order valence-corrected chi connectivity index (χ4v) is 4.25. The first kappa shape index (κ1) is 17.6. The van der Waals surface area contributed by atoms with Crippen molar-refractivity contribution in [3.05, 3.63) is 77.9 Å². The van der Waals surface area contributed by atoms with Gasteiger partial charge in [0.05, 0.1) is 7.11 Å². The van der Waals surface area contributed by atoms with Crippen LogP contribution in [0.4, 0.5) is 0 Å². The molecular formula is C24H25NO2. The maximum absolute atomic E-state index is 12.8. The molecule has 1 amide bonds. The molecule has 0 heterocycles. The smallest absolute Gasteiger partial charge is 0.251 e. The molecule has 3 aromatic carbocycles. The van der Waals surface area contributed by atoms with Gasteiger partial charge in [0.15, 0.2) is 0 Å². The molecule has 0 unspecified atom stereocenters. The number of carbonyl (C=O) groups is 1. The van der Waals surface area contributed by atoms with E-state index in [2.05, 4.69) is 23.5 Å². The molecule has 1 aliphatic carbocycles. The number of fused-ring (bicyclic) bond motifs is 1. The SMILES string of the molecule is COc1ccc(C2(CNC(=O)c3ccc4ccccc4c3)CCCC2)cc1. The van der Waals surface area contributed by atoms with Crippen LogP contribution < -0.4 is 10.1 Å². The first-order valence-electron chi connectivity index (χ1n) is 9.62. The minimum Gasteiger partial charge on any atom is -0.497 e. The van der Waals surface area contributed by atoms with Crippen LogP contribution in [0.25, 0.3) is 10.8 Å². The van der Waals surface area contributed by atoms with Crippen molar-refractivity contribution in [1.29, 1.82) is 0 Å². The van der Waals surface area contributed by atoms with Crippen molar-refractivity contribution in [2.45, 2.75) is 31.1 Å². The Hall–Kier alpha value is -2.81. The van der Waals surface area contributed by atoms with E-state index in [4.69, 9.17) is 4.74 Å². The number of nitrogens with one attached hydrogen (secondary N) is 1. The quantitative estimate of drug-likeness (QED) is 0.689. The zero-order valence-corrected chi connectivity index (χ0v) is 15.7. The minimum absolute atomic E-state index is 0.000500. The summed E-state index contributed by atoms with van der Waals surface area (Å²) >= 11 is 0. The monoisotopic (exact) mass is 359 g/mol. The Morgan fingerprint density at radius 2 is 1.67 bits per heavy atom. The maximum atomic E-state index is 12.8. The van der Waals surface area contributed by atoms with E-state index in [9.17, 15) is 4.79 Å². The summed E-state index contributed by atoms with van der Waals surface area (Å²) in [5.41, 5.74) is 2.04. The van der Waals surface area contributed by atoms with Crippen LogP contribution >= 0.6 is 0 Å². The zero-order valence-electron chi connectivity index (χ0n) is 15.7. The summed E-state index contributed by atoms with van der Waals surface area (Å²) in [6, 6.07) is 22.3. The molecule has 1 aliphatic rings. The highest BCUT2D eigenvalue weighted by atomic mass is 16.5. The summed E-state index contributed by atoms with van der Waals surface area (Å²) < 4.78 is 5.29. The van der Waals surface area contributed by atoms with Crippen molar-refractivity contribution >= 4 is 16.7 Å². The van der Waals surface area contributed by atoms with E-state index < -0.39 is 0 Å². The van der Waals surface area contributed by atoms with Gasteiger partial charge in [0.1, 0.15) is 5.75 Å². The van der Waals surface area contributed by atoms with Gasteiger partial charge in [0.25, 0.3) is 5.91 Å². The first-order chi connectivity index (χ1) is 13.2. The summed E-state index contributed by atoms with van der Waals surface area (Å²) in [4.78, 5) is 12.8. The minimum atomic E-state index is 0.000500. The van der Waals surface area contributed by atoms with Crippen LogP contribution in [0, 0.1) is 0 Å². The zero-order chi connectivity index (χ0) is 18.7. The molecule has 3 nitrogen and oxygen atoms in total. The molecule has 0 atom stereocenters. The van der Waals surface area contributed by atoms with Gasteiger partial charge in [0.2, 0.25) is 0 Å². The number of amides is 1. The molecule has 0 saturated heterocycles. The van der Waals surface area contributed by atoms with Crippen molar-refractivity contribution < 1.29 is 9.53 Å². The van der Waals surface area contributed by atoms with E-state index >= 15 is 0 Å². The summed E-state index contributed by atoms with van der Waals surface area (Å²) in [5, 5.41) is 5.45. The highest BCUT2D eigenvalue weighted by molar-refractivity contribution is 5.98. The summed E-state index contributed by atoms with van der Waals surface area (Å²) in [7, 11) is 1.68. The fourth-order valence-electron chi connectivity index (χ4n) is 4.25. The number of methoxy groups -OCH3 is 1. The maximum Gasteiger partial charge on any atom is 0.251 e. The normalized spacial score (nSPS) is 15.6. The average Bonchev–Trinajstić information content (AvgIpc) is 3.22. The molecule has 0 aromatic heterocycles. The second kappa shape index (κ2) is 7.43. The van der Waals surface area contributed by atoms with Crippen molar-refractivity contribution in [2.24, 2.45) is 0 Å². The molecule has 0 aliphatic heterocycles. The van der Waals surface area contributed by atoms with Crippen LogP contribution in [0.5, 0.6) is 5.75 Å². The van der Waals surface area contributed by atoms with Gasteiger partial charge in [0, 0.05) is 17.5 Å².